The van der Waals surface area contributed by atoms with Crippen LogP contribution in [0, 0.1) is 5.82 Å². The van der Waals surface area contributed by atoms with E-state index in [9.17, 15) is 0 Å². The fourth-order valence-electron chi connectivity index (χ4n) is 7.28. The molecule has 0 unspecified atom stereocenters. The van der Waals surface area contributed by atoms with Crippen molar-refractivity contribution in [3.05, 3.63) is 66.5 Å². The van der Waals surface area contributed by atoms with Crippen LogP contribution in [0.25, 0.3) is 43.4 Å². The van der Waals surface area contributed by atoms with Gasteiger partial charge in [0.15, 0.2) is 23.0 Å². The van der Waals surface area contributed by atoms with E-state index in [0.29, 0.717) is 38.6 Å². The quantitative estimate of drug-likeness (QED) is 0.0416. The molecule has 0 bridgehead atoms. The Kier molecular flexibility index (Phi) is 17.1. The van der Waals surface area contributed by atoms with Gasteiger partial charge in [0.05, 0.1) is 33.0 Å². The van der Waals surface area contributed by atoms with Gasteiger partial charge in [0.1, 0.15) is 11.6 Å². The highest BCUT2D eigenvalue weighted by Crippen LogP contribution is 2.50. The second-order valence-electron chi connectivity index (χ2n) is 14.8. The van der Waals surface area contributed by atoms with Gasteiger partial charge in [-0.2, -0.15) is 0 Å². The molecule has 0 aliphatic rings. The molecule has 0 atom stereocenters. The van der Waals surface area contributed by atoms with E-state index in [1.807, 2.05) is 24.3 Å². The van der Waals surface area contributed by atoms with Gasteiger partial charge < -0.3 is 23.7 Å². The Morgan fingerprint density at radius 1 is 0.400 bits per heavy atom. The van der Waals surface area contributed by atoms with E-state index in [1.165, 1.54) is 6.07 Å². The van der Waals surface area contributed by atoms with Gasteiger partial charge >= 0.3 is 0 Å². The molecule has 5 rings (SSSR count). The summed E-state index contributed by atoms with van der Waals surface area (Å²) in [5.74, 6) is 3.36. The van der Waals surface area contributed by atoms with Gasteiger partial charge in [-0.25, -0.2) is 4.39 Å². The minimum Gasteiger partial charge on any atom is -0.494 e. The van der Waals surface area contributed by atoms with E-state index in [2.05, 4.69) is 58.9 Å². The maximum absolute atomic E-state index is 16.0. The average Bonchev–Trinajstić information content (AvgIpc) is 3.20. The van der Waals surface area contributed by atoms with Crippen molar-refractivity contribution < 1.29 is 28.1 Å². The summed E-state index contributed by atoms with van der Waals surface area (Å²) in [6, 6.07) is 19.7. The third kappa shape index (κ3) is 11.0. The van der Waals surface area contributed by atoms with E-state index in [-0.39, 0.29) is 5.82 Å². The standard InChI is InChI=1S/C49H65FO5/c1-6-11-18-27-51-36-32-40(37-23-16-17-24-43(37)50)47-38-25-26-44(52-28-19-12-7-2)49(55-31-22-15-10-5)48(38)42-35-46(54-30-21-14-9-4)45(53-29-20-13-8-3)34-39(42)41(47)33-36/h16-17,23-26,32-35H,6-15,18-22,27-31H2,1-5H3. The molecule has 6 heteroatoms. The predicted octanol–water partition coefficient (Wildman–Crippen LogP) is 14.8. The highest BCUT2D eigenvalue weighted by Gasteiger charge is 2.23. The van der Waals surface area contributed by atoms with E-state index < -0.39 is 0 Å². The van der Waals surface area contributed by atoms with Crippen molar-refractivity contribution in [2.75, 3.05) is 33.0 Å². The smallest absolute Gasteiger partial charge is 0.169 e. The van der Waals surface area contributed by atoms with Crippen LogP contribution in [0.15, 0.2) is 60.7 Å². The molecular formula is C49H65FO5. The van der Waals surface area contributed by atoms with Crippen LogP contribution in [-0.2, 0) is 0 Å². The lowest BCUT2D eigenvalue weighted by Crippen LogP contribution is -2.05. The maximum Gasteiger partial charge on any atom is 0.169 e. The molecule has 0 fully saturated rings. The van der Waals surface area contributed by atoms with E-state index >= 15 is 4.39 Å². The van der Waals surface area contributed by atoms with Crippen molar-refractivity contribution in [2.24, 2.45) is 0 Å². The number of ether oxygens (including phenoxy) is 5. The first-order valence-electron chi connectivity index (χ1n) is 21.5. The van der Waals surface area contributed by atoms with Crippen LogP contribution in [0.5, 0.6) is 28.7 Å². The van der Waals surface area contributed by atoms with Gasteiger partial charge in [-0.05, 0) is 107 Å². The van der Waals surface area contributed by atoms with Crippen LogP contribution < -0.4 is 23.7 Å². The monoisotopic (exact) mass is 752 g/mol. The molecule has 0 radical (unpaired) electrons. The summed E-state index contributed by atoms with van der Waals surface area (Å²) >= 11 is 0. The largest absolute Gasteiger partial charge is 0.494 e. The first-order chi connectivity index (χ1) is 27.1. The summed E-state index contributed by atoms with van der Waals surface area (Å²) in [5.41, 5.74) is 1.32. The molecule has 55 heavy (non-hydrogen) atoms. The Hall–Kier alpha value is -4.19. The van der Waals surface area contributed by atoms with Crippen molar-refractivity contribution in [1.29, 1.82) is 0 Å². The fourth-order valence-corrected chi connectivity index (χ4v) is 7.28. The molecule has 5 nitrogen and oxygen atoms in total. The van der Waals surface area contributed by atoms with E-state index in [4.69, 9.17) is 23.7 Å². The Balaban J connectivity index is 1.87. The SMILES string of the molecule is CCCCCOc1cc(-c2ccccc2F)c2c(c1)c1cc(OCCCCC)c(OCCCCC)cc1c1c(OCCCCC)c(OCCCCC)ccc21. The number of halogens is 1. The fraction of sp³-hybridized carbons (Fsp3) is 0.510. The molecule has 0 saturated heterocycles. The lowest BCUT2D eigenvalue weighted by atomic mass is 9.88. The lowest BCUT2D eigenvalue weighted by Gasteiger charge is -2.22. The van der Waals surface area contributed by atoms with Crippen LogP contribution in [0.3, 0.4) is 0 Å². The zero-order chi connectivity index (χ0) is 38.8. The highest BCUT2D eigenvalue weighted by molar-refractivity contribution is 6.30. The van der Waals surface area contributed by atoms with Gasteiger partial charge in [-0.1, -0.05) is 117 Å². The van der Waals surface area contributed by atoms with Gasteiger partial charge in [0.25, 0.3) is 0 Å². The molecule has 0 aromatic heterocycles. The Morgan fingerprint density at radius 3 is 1.45 bits per heavy atom. The van der Waals surface area contributed by atoms with E-state index in [1.54, 1.807) is 6.07 Å². The summed E-state index contributed by atoms with van der Waals surface area (Å²) in [6.45, 7) is 14.0. The Bertz CT molecular complexity index is 1930. The normalized spacial score (nSPS) is 11.5. The summed E-state index contributed by atoms with van der Waals surface area (Å²) in [4.78, 5) is 0. The van der Waals surface area contributed by atoms with Gasteiger partial charge in [-0.15, -0.1) is 0 Å². The van der Waals surface area contributed by atoms with Crippen LogP contribution >= 0.6 is 0 Å². The van der Waals surface area contributed by atoms with Crippen LogP contribution in [0.2, 0.25) is 0 Å². The second kappa shape index (κ2) is 22.4. The average molecular weight is 753 g/mol. The molecule has 0 aliphatic carbocycles. The zero-order valence-corrected chi connectivity index (χ0v) is 34.3. The molecule has 0 spiro atoms. The van der Waals surface area contributed by atoms with Crippen molar-refractivity contribution in [3.63, 3.8) is 0 Å². The molecular weight excluding hydrogens is 688 g/mol. The molecule has 0 heterocycles. The molecule has 0 amide bonds. The Labute approximate surface area is 329 Å². The van der Waals surface area contributed by atoms with Crippen LogP contribution in [0.4, 0.5) is 4.39 Å². The molecule has 5 aromatic carbocycles. The summed E-state index contributed by atoms with van der Waals surface area (Å²) in [7, 11) is 0. The van der Waals surface area contributed by atoms with Crippen molar-refractivity contribution >= 4 is 32.3 Å². The number of hydrogen-bond acceptors (Lipinski definition) is 5. The number of hydrogen-bond donors (Lipinski definition) is 0. The Morgan fingerprint density at radius 2 is 0.891 bits per heavy atom. The summed E-state index contributed by atoms with van der Waals surface area (Å²) < 4.78 is 48.9. The van der Waals surface area contributed by atoms with E-state index in [0.717, 1.165) is 163 Å². The van der Waals surface area contributed by atoms with Crippen molar-refractivity contribution in [3.8, 4) is 39.9 Å². The molecule has 298 valence electrons. The first-order valence-corrected chi connectivity index (χ1v) is 21.5. The van der Waals surface area contributed by atoms with Crippen LogP contribution in [-0.4, -0.2) is 33.0 Å². The minimum atomic E-state index is -0.275. The number of rotatable bonds is 26. The second-order valence-corrected chi connectivity index (χ2v) is 14.8. The molecule has 5 aromatic rings. The maximum atomic E-state index is 16.0. The topological polar surface area (TPSA) is 46.2 Å². The van der Waals surface area contributed by atoms with Crippen molar-refractivity contribution in [1.82, 2.24) is 0 Å². The summed E-state index contributed by atoms with van der Waals surface area (Å²) in [6.07, 6.45) is 15.8. The third-order valence-electron chi connectivity index (χ3n) is 10.3. The summed E-state index contributed by atoms with van der Waals surface area (Å²) in [5, 5.41) is 5.79. The molecule has 0 N–H and O–H groups in total. The highest BCUT2D eigenvalue weighted by atomic mass is 19.1. The number of benzene rings is 5. The molecule has 0 aliphatic heterocycles. The van der Waals surface area contributed by atoms with Gasteiger partial charge in [0.2, 0.25) is 0 Å². The first kappa shape index (κ1) is 42.0. The lowest BCUT2D eigenvalue weighted by molar-refractivity contribution is 0.260. The molecule has 0 saturated carbocycles. The zero-order valence-electron chi connectivity index (χ0n) is 34.3. The predicted molar refractivity (Wildman–Crippen MR) is 229 cm³/mol. The minimum absolute atomic E-state index is 0.275. The number of unbranched alkanes of at least 4 members (excludes halogenated alkanes) is 10. The van der Waals surface area contributed by atoms with Crippen molar-refractivity contribution in [2.45, 2.75) is 131 Å². The van der Waals surface area contributed by atoms with Gasteiger partial charge in [0, 0.05) is 10.9 Å². The van der Waals surface area contributed by atoms with Gasteiger partial charge in [-0.3, -0.25) is 0 Å². The van der Waals surface area contributed by atoms with Crippen LogP contribution in [0.1, 0.15) is 131 Å². The number of fused-ring (bicyclic) bond motifs is 6. The third-order valence-corrected chi connectivity index (χ3v) is 10.3.